The summed E-state index contributed by atoms with van der Waals surface area (Å²) >= 11 is 0. The molecule has 0 bridgehead atoms. The van der Waals surface area contributed by atoms with Crippen molar-refractivity contribution in [3.63, 3.8) is 0 Å². The molecule has 0 aromatic heterocycles. The first kappa shape index (κ1) is 12.3. The van der Waals surface area contributed by atoms with E-state index in [4.69, 9.17) is 16.2 Å². The van der Waals surface area contributed by atoms with Crippen LogP contribution in [0.15, 0.2) is 29.3 Å². The van der Waals surface area contributed by atoms with Crippen molar-refractivity contribution in [1.82, 2.24) is 0 Å². The van der Waals surface area contributed by atoms with Gasteiger partial charge in [0.25, 0.3) is 0 Å². The normalized spacial score (nSPS) is 9.81. The van der Waals surface area contributed by atoms with E-state index in [0.29, 0.717) is 12.3 Å². The quantitative estimate of drug-likeness (QED) is 0.557. The number of ether oxygens (including phenoxy) is 1. The Hall–Kier alpha value is -1.78. The lowest BCUT2D eigenvalue weighted by atomic mass is 10.1. The Kier molecular flexibility index (Phi) is 5.11. The molecule has 0 radical (unpaired) electrons. The summed E-state index contributed by atoms with van der Waals surface area (Å²) in [7, 11) is 0. The zero-order valence-electron chi connectivity index (χ0n) is 9.03. The number of rotatable bonds is 6. The maximum atomic E-state index is 11.9. The van der Waals surface area contributed by atoms with Crippen LogP contribution in [0.25, 0.3) is 0 Å². The maximum Gasteiger partial charge on any atom is 0.185 e. The second kappa shape index (κ2) is 6.66. The SMILES string of the molecule is NC(N)=NCCc1cccc(OCCF)c1. The van der Waals surface area contributed by atoms with Crippen LogP contribution in [-0.4, -0.2) is 25.8 Å². The molecule has 0 amide bonds. The molecule has 0 unspecified atom stereocenters. The zero-order chi connectivity index (χ0) is 11.8. The topological polar surface area (TPSA) is 73.6 Å². The summed E-state index contributed by atoms with van der Waals surface area (Å²) < 4.78 is 17.1. The Morgan fingerprint density at radius 2 is 2.19 bits per heavy atom. The first-order valence-corrected chi connectivity index (χ1v) is 5.05. The molecule has 16 heavy (non-hydrogen) atoms. The number of guanidine groups is 1. The molecule has 0 aliphatic rings. The van der Waals surface area contributed by atoms with Gasteiger partial charge >= 0.3 is 0 Å². The Balaban J connectivity index is 2.50. The Morgan fingerprint density at radius 1 is 1.38 bits per heavy atom. The van der Waals surface area contributed by atoms with Crippen LogP contribution < -0.4 is 16.2 Å². The molecular weight excluding hydrogens is 209 g/mol. The fraction of sp³-hybridized carbons (Fsp3) is 0.364. The van der Waals surface area contributed by atoms with Gasteiger partial charge in [0.05, 0.1) is 0 Å². The van der Waals surface area contributed by atoms with Crippen LogP contribution in [0.5, 0.6) is 5.75 Å². The van der Waals surface area contributed by atoms with Crippen molar-refractivity contribution in [2.24, 2.45) is 16.5 Å². The molecule has 0 aliphatic carbocycles. The summed E-state index contributed by atoms with van der Waals surface area (Å²) in [6.07, 6.45) is 0.727. The van der Waals surface area contributed by atoms with Gasteiger partial charge in [-0.05, 0) is 24.1 Å². The highest BCUT2D eigenvalue weighted by Gasteiger charge is 1.97. The van der Waals surface area contributed by atoms with Crippen LogP contribution >= 0.6 is 0 Å². The van der Waals surface area contributed by atoms with Crippen molar-refractivity contribution in [2.75, 3.05) is 19.8 Å². The van der Waals surface area contributed by atoms with E-state index in [1.54, 1.807) is 6.07 Å². The van der Waals surface area contributed by atoms with E-state index in [-0.39, 0.29) is 12.6 Å². The van der Waals surface area contributed by atoms with Crippen LogP contribution in [0.1, 0.15) is 5.56 Å². The van der Waals surface area contributed by atoms with Crippen LogP contribution in [0.2, 0.25) is 0 Å². The summed E-state index contributed by atoms with van der Waals surface area (Å²) in [5.74, 6) is 0.754. The highest BCUT2D eigenvalue weighted by atomic mass is 19.1. The van der Waals surface area contributed by atoms with E-state index in [1.165, 1.54) is 0 Å². The minimum atomic E-state index is -0.488. The lowest BCUT2D eigenvalue weighted by Crippen LogP contribution is -2.23. The molecule has 4 nitrogen and oxygen atoms in total. The molecule has 4 N–H and O–H groups in total. The molecule has 88 valence electrons. The fourth-order valence-corrected chi connectivity index (χ4v) is 1.26. The second-order valence-corrected chi connectivity index (χ2v) is 3.24. The van der Waals surface area contributed by atoms with Gasteiger partial charge in [-0.3, -0.25) is 4.99 Å². The average Bonchev–Trinajstić information content (AvgIpc) is 2.26. The average molecular weight is 225 g/mol. The molecular formula is C11H16FN3O. The Bertz CT molecular complexity index is 351. The number of halogens is 1. The summed E-state index contributed by atoms with van der Waals surface area (Å²) in [4.78, 5) is 3.88. The first-order valence-electron chi connectivity index (χ1n) is 5.05. The largest absolute Gasteiger partial charge is 0.491 e. The minimum Gasteiger partial charge on any atom is -0.491 e. The van der Waals surface area contributed by atoms with Crippen molar-refractivity contribution in [3.05, 3.63) is 29.8 Å². The second-order valence-electron chi connectivity index (χ2n) is 3.24. The Labute approximate surface area is 94.1 Å². The third-order valence-corrected chi connectivity index (χ3v) is 1.94. The van der Waals surface area contributed by atoms with Crippen molar-refractivity contribution >= 4 is 5.96 Å². The molecule has 0 fully saturated rings. The minimum absolute atomic E-state index is 0.0807. The van der Waals surface area contributed by atoms with Gasteiger partial charge in [-0.15, -0.1) is 0 Å². The lowest BCUT2D eigenvalue weighted by molar-refractivity contribution is 0.273. The molecule has 0 saturated carbocycles. The smallest absolute Gasteiger partial charge is 0.185 e. The third kappa shape index (κ3) is 4.63. The van der Waals surface area contributed by atoms with Crippen LogP contribution in [0.4, 0.5) is 4.39 Å². The van der Waals surface area contributed by atoms with Crippen molar-refractivity contribution < 1.29 is 9.13 Å². The number of benzene rings is 1. The Morgan fingerprint density at radius 3 is 2.88 bits per heavy atom. The molecule has 0 aliphatic heterocycles. The number of nitrogens with zero attached hydrogens (tertiary/aromatic N) is 1. The molecule has 0 spiro atoms. The maximum absolute atomic E-state index is 11.9. The number of aliphatic imine (C=N–C) groups is 1. The summed E-state index contributed by atoms with van der Waals surface area (Å²) in [5, 5.41) is 0. The van der Waals surface area contributed by atoms with Crippen LogP contribution in [0, 0.1) is 0 Å². The predicted molar refractivity (Wildman–Crippen MR) is 62.3 cm³/mol. The van der Waals surface area contributed by atoms with Gasteiger partial charge in [-0.1, -0.05) is 12.1 Å². The fourth-order valence-electron chi connectivity index (χ4n) is 1.26. The van der Waals surface area contributed by atoms with Gasteiger partial charge in [0.15, 0.2) is 5.96 Å². The van der Waals surface area contributed by atoms with Gasteiger partial charge < -0.3 is 16.2 Å². The van der Waals surface area contributed by atoms with E-state index in [2.05, 4.69) is 4.99 Å². The zero-order valence-corrected chi connectivity index (χ0v) is 9.03. The highest BCUT2D eigenvalue weighted by molar-refractivity contribution is 5.75. The molecule has 1 aromatic rings. The molecule has 0 saturated heterocycles. The van der Waals surface area contributed by atoms with Gasteiger partial charge in [0, 0.05) is 6.54 Å². The van der Waals surface area contributed by atoms with E-state index in [9.17, 15) is 4.39 Å². The molecule has 0 heterocycles. The molecule has 0 atom stereocenters. The molecule has 1 aromatic carbocycles. The van der Waals surface area contributed by atoms with Crippen LogP contribution in [0.3, 0.4) is 0 Å². The van der Waals surface area contributed by atoms with E-state index in [0.717, 1.165) is 12.0 Å². The van der Waals surface area contributed by atoms with Crippen molar-refractivity contribution in [3.8, 4) is 5.75 Å². The monoisotopic (exact) mass is 225 g/mol. The van der Waals surface area contributed by atoms with Crippen LogP contribution in [-0.2, 0) is 6.42 Å². The van der Waals surface area contributed by atoms with Gasteiger partial charge in [0.2, 0.25) is 0 Å². The van der Waals surface area contributed by atoms with E-state index in [1.807, 2.05) is 18.2 Å². The highest BCUT2D eigenvalue weighted by Crippen LogP contribution is 2.13. The summed E-state index contributed by atoms with van der Waals surface area (Å²) in [6.45, 7) is 0.129. The van der Waals surface area contributed by atoms with Gasteiger partial charge in [-0.2, -0.15) is 0 Å². The summed E-state index contributed by atoms with van der Waals surface area (Å²) in [6, 6.07) is 7.46. The number of hydrogen-bond acceptors (Lipinski definition) is 2. The molecule has 1 rings (SSSR count). The van der Waals surface area contributed by atoms with E-state index < -0.39 is 6.67 Å². The van der Waals surface area contributed by atoms with Crippen molar-refractivity contribution in [1.29, 1.82) is 0 Å². The number of hydrogen-bond donors (Lipinski definition) is 2. The molecule has 5 heteroatoms. The van der Waals surface area contributed by atoms with E-state index >= 15 is 0 Å². The lowest BCUT2D eigenvalue weighted by Gasteiger charge is -2.05. The van der Waals surface area contributed by atoms with Crippen molar-refractivity contribution in [2.45, 2.75) is 6.42 Å². The van der Waals surface area contributed by atoms with Gasteiger partial charge in [-0.25, -0.2) is 4.39 Å². The number of nitrogens with two attached hydrogens (primary N) is 2. The summed E-state index contributed by atoms with van der Waals surface area (Å²) in [5.41, 5.74) is 11.5. The standard InChI is InChI=1S/C11H16FN3O/c12-5-7-16-10-3-1-2-9(8-10)4-6-15-11(13)14/h1-3,8H,4-7H2,(H4,13,14,15). The predicted octanol–water partition coefficient (Wildman–Crippen LogP) is 0.851. The third-order valence-electron chi connectivity index (χ3n) is 1.94. The van der Waals surface area contributed by atoms with Gasteiger partial charge in [0.1, 0.15) is 19.0 Å². The number of alkyl halides is 1. The first-order chi connectivity index (χ1) is 7.72.